The van der Waals surface area contributed by atoms with Gasteiger partial charge in [0.15, 0.2) is 0 Å². The number of benzene rings is 2. The van der Waals surface area contributed by atoms with E-state index >= 15 is 0 Å². The average Bonchev–Trinajstić information content (AvgIpc) is 2.69. The number of aromatic carboxylic acids is 1. The highest BCUT2D eigenvalue weighted by molar-refractivity contribution is 5.94. The van der Waals surface area contributed by atoms with Crippen molar-refractivity contribution in [2.24, 2.45) is 5.41 Å². The van der Waals surface area contributed by atoms with Crippen molar-refractivity contribution >= 4 is 29.1 Å². The van der Waals surface area contributed by atoms with Crippen LogP contribution in [0.25, 0.3) is 11.3 Å². The molecule has 7 heteroatoms. The fourth-order valence-electron chi connectivity index (χ4n) is 2.50. The van der Waals surface area contributed by atoms with E-state index < -0.39 is 11.4 Å². The van der Waals surface area contributed by atoms with E-state index in [0.29, 0.717) is 22.8 Å². The van der Waals surface area contributed by atoms with Crippen LogP contribution in [-0.4, -0.2) is 27.0 Å². The second-order valence-corrected chi connectivity index (χ2v) is 7.58. The van der Waals surface area contributed by atoms with Crippen LogP contribution in [0.4, 0.5) is 17.2 Å². The topological polar surface area (TPSA) is 104 Å². The predicted octanol–water partition coefficient (Wildman–Crippen LogP) is 4.57. The molecule has 1 amide bonds. The molecule has 3 N–H and O–H groups in total. The fraction of sp³-hybridized carbons (Fsp3) is 0.182. The van der Waals surface area contributed by atoms with Gasteiger partial charge in [-0.15, -0.1) is 0 Å². The fourth-order valence-corrected chi connectivity index (χ4v) is 2.50. The Morgan fingerprint density at radius 3 is 2.28 bits per heavy atom. The van der Waals surface area contributed by atoms with Gasteiger partial charge < -0.3 is 15.7 Å². The number of hydrogen-bond acceptors (Lipinski definition) is 5. The van der Waals surface area contributed by atoms with E-state index in [1.54, 1.807) is 24.3 Å². The van der Waals surface area contributed by atoms with Gasteiger partial charge in [-0.1, -0.05) is 32.9 Å². The highest BCUT2D eigenvalue weighted by atomic mass is 16.4. The first-order chi connectivity index (χ1) is 13.7. The highest BCUT2D eigenvalue weighted by Crippen LogP contribution is 2.23. The molecule has 0 aliphatic heterocycles. The number of carbonyl (C=O) groups is 2. The summed E-state index contributed by atoms with van der Waals surface area (Å²) < 4.78 is 0. The van der Waals surface area contributed by atoms with Crippen LogP contribution in [0.2, 0.25) is 0 Å². The molecule has 0 aliphatic carbocycles. The number of aromatic nitrogens is 2. The quantitative estimate of drug-likeness (QED) is 0.589. The number of carbonyl (C=O) groups excluding carboxylic acids is 1. The Morgan fingerprint density at radius 2 is 1.62 bits per heavy atom. The maximum absolute atomic E-state index is 12.1. The van der Waals surface area contributed by atoms with E-state index in [-0.39, 0.29) is 11.5 Å². The summed E-state index contributed by atoms with van der Waals surface area (Å²) in [5.41, 5.74) is 2.54. The molecule has 0 fully saturated rings. The molecule has 0 atom stereocenters. The van der Waals surface area contributed by atoms with Gasteiger partial charge in [0, 0.05) is 28.4 Å². The van der Waals surface area contributed by atoms with Crippen LogP contribution in [0, 0.1) is 5.41 Å². The number of carboxylic acid groups (broad SMARTS) is 1. The minimum atomic E-state index is -0.988. The lowest BCUT2D eigenvalue weighted by molar-refractivity contribution is -0.123. The Labute approximate surface area is 168 Å². The lowest BCUT2D eigenvalue weighted by atomic mass is 9.95. The van der Waals surface area contributed by atoms with Crippen LogP contribution in [0.3, 0.4) is 0 Å². The normalized spacial score (nSPS) is 11.0. The molecule has 7 nitrogen and oxygen atoms in total. The monoisotopic (exact) mass is 390 g/mol. The van der Waals surface area contributed by atoms with Gasteiger partial charge in [-0.2, -0.15) is 0 Å². The van der Waals surface area contributed by atoms with Gasteiger partial charge in [-0.05, 0) is 36.4 Å². The minimum Gasteiger partial charge on any atom is -0.478 e. The van der Waals surface area contributed by atoms with Crippen molar-refractivity contribution in [1.29, 1.82) is 0 Å². The Kier molecular flexibility index (Phi) is 5.59. The molecule has 3 rings (SSSR count). The standard InChI is InChI=1S/C22H22N4O3/c1-22(2,3)21(29)26-17-9-7-16(8-10-17)25-19-12-18(23-13-24-19)14-5-4-6-15(11-14)20(27)28/h4-13H,1-3H3,(H,26,29)(H,27,28)(H,23,24,25). The smallest absolute Gasteiger partial charge is 0.335 e. The molecule has 0 aliphatic rings. The van der Waals surface area contributed by atoms with E-state index in [0.717, 1.165) is 5.69 Å². The molecule has 1 heterocycles. The summed E-state index contributed by atoms with van der Waals surface area (Å²) in [5, 5.41) is 15.2. The van der Waals surface area contributed by atoms with E-state index in [1.807, 2.05) is 45.0 Å². The van der Waals surface area contributed by atoms with Crippen LogP contribution in [-0.2, 0) is 4.79 Å². The zero-order valence-corrected chi connectivity index (χ0v) is 16.4. The molecule has 0 bridgehead atoms. The summed E-state index contributed by atoms with van der Waals surface area (Å²) in [6.45, 7) is 5.57. The van der Waals surface area contributed by atoms with E-state index in [4.69, 9.17) is 5.11 Å². The Bertz CT molecular complexity index is 1040. The second-order valence-electron chi connectivity index (χ2n) is 7.58. The average molecular weight is 390 g/mol. The molecule has 3 aromatic rings. The number of hydrogen-bond donors (Lipinski definition) is 3. The van der Waals surface area contributed by atoms with Crippen LogP contribution in [0.1, 0.15) is 31.1 Å². The Morgan fingerprint density at radius 1 is 0.931 bits per heavy atom. The van der Waals surface area contributed by atoms with E-state index in [9.17, 15) is 9.59 Å². The van der Waals surface area contributed by atoms with Gasteiger partial charge in [0.25, 0.3) is 0 Å². The van der Waals surface area contributed by atoms with Gasteiger partial charge >= 0.3 is 5.97 Å². The second kappa shape index (κ2) is 8.10. The minimum absolute atomic E-state index is 0.0535. The third-order valence-corrected chi connectivity index (χ3v) is 4.17. The highest BCUT2D eigenvalue weighted by Gasteiger charge is 2.21. The van der Waals surface area contributed by atoms with Crippen molar-refractivity contribution in [2.75, 3.05) is 10.6 Å². The first-order valence-corrected chi connectivity index (χ1v) is 9.07. The Balaban J connectivity index is 1.74. The molecule has 29 heavy (non-hydrogen) atoms. The molecule has 0 radical (unpaired) electrons. The van der Waals surface area contributed by atoms with Crippen molar-refractivity contribution in [3.8, 4) is 11.3 Å². The summed E-state index contributed by atoms with van der Waals surface area (Å²) in [6.07, 6.45) is 1.42. The van der Waals surface area contributed by atoms with Crippen molar-refractivity contribution in [1.82, 2.24) is 9.97 Å². The first kappa shape index (κ1) is 20.0. The molecule has 0 saturated carbocycles. The molecule has 2 aromatic carbocycles. The van der Waals surface area contributed by atoms with Crippen LogP contribution in [0.15, 0.2) is 60.9 Å². The Hall–Kier alpha value is -3.74. The molecular formula is C22H22N4O3. The summed E-state index contributed by atoms with van der Waals surface area (Å²) in [7, 11) is 0. The predicted molar refractivity (Wildman–Crippen MR) is 112 cm³/mol. The maximum Gasteiger partial charge on any atom is 0.335 e. The number of nitrogens with zero attached hydrogens (tertiary/aromatic N) is 2. The largest absolute Gasteiger partial charge is 0.478 e. The van der Waals surface area contributed by atoms with Crippen LogP contribution >= 0.6 is 0 Å². The molecule has 0 unspecified atom stereocenters. The van der Waals surface area contributed by atoms with Gasteiger partial charge in [-0.25, -0.2) is 14.8 Å². The zero-order chi connectivity index (χ0) is 21.0. The van der Waals surface area contributed by atoms with Gasteiger partial charge in [0.1, 0.15) is 12.1 Å². The molecule has 0 spiro atoms. The lowest BCUT2D eigenvalue weighted by Crippen LogP contribution is -2.27. The third-order valence-electron chi connectivity index (χ3n) is 4.17. The molecule has 148 valence electrons. The van der Waals surface area contributed by atoms with Crippen molar-refractivity contribution in [3.63, 3.8) is 0 Å². The van der Waals surface area contributed by atoms with Gasteiger partial charge in [0.05, 0.1) is 11.3 Å². The summed E-state index contributed by atoms with van der Waals surface area (Å²) in [5.74, 6) is -0.470. The summed E-state index contributed by atoms with van der Waals surface area (Å²) in [6, 6.07) is 15.6. The number of anilines is 3. The van der Waals surface area contributed by atoms with Crippen molar-refractivity contribution < 1.29 is 14.7 Å². The maximum atomic E-state index is 12.1. The number of carboxylic acids is 1. The SMILES string of the molecule is CC(C)(C)C(=O)Nc1ccc(Nc2cc(-c3cccc(C(=O)O)c3)ncn2)cc1. The zero-order valence-electron chi connectivity index (χ0n) is 16.4. The first-order valence-electron chi connectivity index (χ1n) is 9.07. The van der Waals surface area contributed by atoms with Crippen LogP contribution < -0.4 is 10.6 Å². The number of amides is 1. The van der Waals surface area contributed by atoms with Crippen LogP contribution in [0.5, 0.6) is 0 Å². The van der Waals surface area contributed by atoms with E-state index in [2.05, 4.69) is 20.6 Å². The summed E-state index contributed by atoms with van der Waals surface area (Å²) >= 11 is 0. The van der Waals surface area contributed by atoms with E-state index in [1.165, 1.54) is 12.4 Å². The third kappa shape index (κ3) is 5.16. The van der Waals surface area contributed by atoms with Gasteiger partial charge in [-0.3, -0.25) is 4.79 Å². The lowest BCUT2D eigenvalue weighted by Gasteiger charge is -2.17. The van der Waals surface area contributed by atoms with Crippen molar-refractivity contribution in [2.45, 2.75) is 20.8 Å². The summed E-state index contributed by atoms with van der Waals surface area (Å²) in [4.78, 5) is 31.7. The number of nitrogens with one attached hydrogen (secondary N) is 2. The molecular weight excluding hydrogens is 368 g/mol. The molecule has 0 saturated heterocycles. The van der Waals surface area contributed by atoms with Crippen molar-refractivity contribution in [3.05, 3.63) is 66.5 Å². The van der Waals surface area contributed by atoms with Gasteiger partial charge in [0.2, 0.25) is 5.91 Å². The molecule has 1 aromatic heterocycles. The number of rotatable bonds is 5.